The first-order valence-electron chi connectivity index (χ1n) is 7.71. The summed E-state index contributed by atoms with van der Waals surface area (Å²) < 4.78 is 12.5. The predicted molar refractivity (Wildman–Crippen MR) is 88.6 cm³/mol. The molecule has 0 spiro atoms. The molecule has 1 aliphatic heterocycles. The predicted octanol–water partition coefficient (Wildman–Crippen LogP) is 0.425. The zero-order valence-corrected chi connectivity index (χ0v) is 13.6. The summed E-state index contributed by atoms with van der Waals surface area (Å²) in [6, 6.07) is -0.462. The van der Waals surface area contributed by atoms with E-state index in [1.807, 2.05) is 0 Å². The van der Waals surface area contributed by atoms with Crippen molar-refractivity contribution in [2.45, 2.75) is 24.8 Å². The number of imidazole rings is 1. The fourth-order valence-electron chi connectivity index (χ4n) is 2.78. The van der Waals surface area contributed by atoms with Gasteiger partial charge in [0.1, 0.15) is 6.23 Å². The van der Waals surface area contributed by atoms with Gasteiger partial charge in [-0.25, -0.2) is 4.98 Å². The number of nitrogens with one attached hydrogen (secondary N) is 1. The lowest BCUT2D eigenvalue weighted by atomic mass is 10.1. The van der Waals surface area contributed by atoms with Gasteiger partial charge in [0.05, 0.1) is 31.7 Å². The number of aliphatic hydroxyl groups is 1. The van der Waals surface area contributed by atoms with Crippen molar-refractivity contribution in [1.29, 1.82) is 0 Å². The first-order valence-corrected chi connectivity index (χ1v) is 7.71. The number of hydrogen-bond donors (Lipinski definition) is 3. The average molecular weight is 349 g/mol. The fraction of sp³-hybridized carbons (Fsp3) is 0.615. The third-order valence-electron chi connectivity index (χ3n) is 3.93. The van der Waals surface area contributed by atoms with E-state index in [2.05, 4.69) is 30.3 Å². The molecule has 134 valence electrons. The van der Waals surface area contributed by atoms with Crippen LogP contribution in [0.5, 0.6) is 0 Å². The molecule has 0 aromatic carbocycles. The molecule has 2 aromatic heterocycles. The lowest BCUT2D eigenvalue weighted by Gasteiger charge is -2.14. The van der Waals surface area contributed by atoms with Crippen LogP contribution in [0, 0.1) is 0 Å². The lowest BCUT2D eigenvalue weighted by molar-refractivity contribution is -0.0232. The van der Waals surface area contributed by atoms with Crippen LogP contribution in [0.4, 0.5) is 11.8 Å². The van der Waals surface area contributed by atoms with Crippen LogP contribution in [-0.2, 0) is 9.47 Å². The second-order valence-corrected chi connectivity index (χ2v) is 5.49. The van der Waals surface area contributed by atoms with Gasteiger partial charge in [-0.2, -0.15) is 9.97 Å². The molecule has 3 rings (SSSR count). The van der Waals surface area contributed by atoms with E-state index in [-0.39, 0.29) is 12.6 Å². The molecule has 2 aromatic rings. The number of rotatable bonds is 7. The van der Waals surface area contributed by atoms with Crippen LogP contribution in [0.3, 0.4) is 0 Å². The SMILES string of the molecule is COCCNc1nc(N)nc2c1ncn2[C@H]1C[C@@H](N=[N+]=[N-])[C@@H](CO)O1. The third kappa shape index (κ3) is 3.42. The minimum absolute atomic E-state index is 0.0949. The highest BCUT2D eigenvalue weighted by Gasteiger charge is 2.36. The maximum Gasteiger partial charge on any atom is 0.224 e. The summed E-state index contributed by atoms with van der Waals surface area (Å²) in [5, 5.41) is 16.2. The van der Waals surface area contributed by atoms with E-state index in [4.69, 9.17) is 20.7 Å². The van der Waals surface area contributed by atoms with E-state index in [1.165, 1.54) is 0 Å². The Labute approximate surface area is 142 Å². The Morgan fingerprint density at radius 2 is 2.44 bits per heavy atom. The summed E-state index contributed by atoms with van der Waals surface area (Å²) in [5.74, 6) is 0.596. The maximum atomic E-state index is 9.40. The molecule has 0 radical (unpaired) electrons. The number of nitrogens with two attached hydrogens (primary N) is 1. The average Bonchev–Trinajstić information content (AvgIpc) is 3.19. The third-order valence-corrected chi connectivity index (χ3v) is 3.93. The summed E-state index contributed by atoms with van der Waals surface area (Å²) in [7, 11) is 1.61. The van der Waals surface area contributed by atoms with Crippen LogP contribution in [0.1, 0.15) is 12.6 Å². The molecule has 0 saturated carbocycles. The molecule has 3 heterocycles. The molecule has 3 atom stereocenters. The number of ether oxygens (including phenoxy) is 2. The van der Waals surface area contributed by atoms with Gasteiger partial charge in [0.2, 0.25) is 5.95 Å². The molecular formula is C13H19N9O3. The standard InChI is InChI=1S/C13H19N9O3/c1-24-3-2-16-11-10-12(19-13(14)18-11)22(6-17-10)9-4-7(20-21-15)8(5-23)25-9/h6-9,23H,2-5H2,1H3,(H3,14,16,18,19)/t7-,8-,9-/m1/s1. The van der Waals surface area contributed by atoms with E-state index < -0.39 is 18.4 Å². The van der Waals surface area contributed by atoms with Crippen LogP contribution in [0.25, 0.3) is 21.6 Å². The van der Waals surface area contributed by atoms with Crippen LogP contribution < -0.4 is 11.1 Å². The highest BCUT2D eigenvalue weighted by Crippen LogP contribution is 2.33. The number of nitrogens with zero attached hydrogens (tertiary/aromatic N) is 7. The number of methoxy groups -OCH3 is 1. The minimum Gasteiger partial charge on any atom is -0.394 e. The second-order valence-electron chi connectivity index (χ2n) is 5.49. The Morgan fingerprint density at radius 1 is 1.60 bits per heavy atom. The molecule has 12 heteroatoms. The van der Waals surface area contributed by atoms with Crippen LogP contribution in [-0.4, -0.2) is 63.6 Å². The zero-order chi connectivity index (χ0) is 17.8. The Bertz CT molecular complexity index is 788. The van der Waals surface area contributed by atoms with Crippen molar-refractivity contribution in [1.82, 2.24) is 19.5 Å². The number of azide groups is 1. The van der Waals surface area contributed by atoms with Crippen molar-refractivity contribution >= 4 is 22.9 Å². The number of hydrogen-bond acceptors (Lipinski definition) is 9. The van der Waals surface area contributed by atoms with E-state index in [0.29, 0.717) is 36.6 Å². The van der Waals surface area contributed by atoms with Gasteiger partial charge in [0, 0.05) is 25.0 Å². The molecule has 0 aliphatic carbocycles. The molecule has 1 fully saturated rings. The molecule has 1 aliphatic rings. The van der Waals surface area contributed by atoms with Gasteiger partial charge in [-0.05, 0) is 5.53 Å². The zero-order valence-electron chi connectivity index (χ0n) is 13.6. The van der Waals surface area contributed by atoms with Gasteiger partial charge in [-0.15, -0.1) is 0 Å². The molecule has 12 nitrogen and oxygen atoms in total. The highest BCUT2D eigenvalue weighted by atomic mass is 16.5. The maximum absolute atomic E-state index is 9.40. The lowest BCUT2D eigenvalue weighted by Crippen LogP contribution is -2.22. The number of anilines is 2. The summed E-state index contributed by atoms with van der Waals surface area (Å²) in [6.07, 6.45) is 0.921. The Morgan fingerprint density at radius 3 is 3.16 bits per heavy atom. The molecule has 25 heavy (non-hydrogen) atoms. The topological polar surface area (TPSA) is 169 Å². The smallest absolute Gasteiger partial charge is 0.224 e. The first kappa shape index (κ1) is 17.2. The Kier molecular flexibility index (Phi) is 5.14. The van der Waals surface area contributed by atoms with E-state index in [1.54, 1.807) is 18.0 Å². The summed E-state index contributed by atoms with van der Waals surface area (Å²) in [5.41, 5.74) is 15.5. The van der Waals surface area contributed by atoms with Crippen molar-refractivity contribution in [3.05, 3.63) is 16.8 Å². The van der Waals surface area contributed by atoms with Crippen molar-refractivity contribution in [3.63, 3.8) is 0 Å². The quantitative estimate of drug-likeness (QED) is 0.279. The second kappa shape index (κ2) is 7.49. The van der Waals surface area contributed by atoms with E-state index in [9.17, 15) is 5.11 Å². The molecule has 0 unspecified atom stereocenters. The van der Waals surface area contributed by atoms with Gasteiger partial charge in [-0.1, -0.05) is 5.11 Å². The Hall–Kier alpha value is -2.66. The molecule has 1 saturated heterocycles. The fourth-order valence-corrected chi connectivity index (χ4v) is 2.78. The molecule has 0 amide bonds. The highest BCUT2D eigenvalue weighted by molar-refractivity contribution is 5.84. The normalized spacial score (nSPS) is 22.9. The van der Waals surface area contributed by atoms with Gasteiger partial charge < -0.3 is 25.6 Å². The van der Waals surface area contributed by atoms with E-state index >= 15 is 0 Å². The summed E-state index contributed by atoms with van der Waals surface area (Å²) in [6.45, 7) is 0.804. The monoisotopic (exact) mass is 349 g/mol. The molecule has 0 bridgehead atoms. The number of fused-ring (bicyclic) bond motifs is 1. The van der Waals surface area contributed by atoms with Gasteiger partial charge in [0.15, 0.2) is 17.0 Å². The van der Waals surface area contributed by atoms with Crippen LogP contribution in [0.15, 0.2) is 11.4 Å². The van der Waals surface area contributed by atoms with Crippen molar-refractivity contribution in [3.8, 4) is 0 Å². The van der Waals surface area contributed by atoms with Crippen molar-refractivity contribution in [2.75, 3.05) is 37.9 Å². The van der Waals surface area contributed by atoms with Crippen LogP contribution >= 0.6 is 0 Å². The molecular weight excluding hydrogens is 330 g/mol. The van der Waals surface area contributed by atoms with Gasteiger partial charge in [0.25, 0.3) is 0 Å². The summed E-state index contributed by atoms with van der Waals surface area (Å²) in [4.78, 5) is 15.5. The van der Waals surface area contributed by atoms with Crippen LogP contribution in [0.2, 0.25) is 0 Å². The van der Waals surface area contributed by atoms with Gasteiger partial charge in [-0.3, -0.25) is 4.57 Å². The first-order chi connectivity index (χ1) is 12.2. The summed E-state index contributed by atoms with van der Waals surface area (Å²) >= 11 is 0. The minimum atomic E-state index is -0.572. The van der Waals surface area contributed by atoms with Crippen molar-refractivity contribution in [2.24, 2.45) is 5.11 Å². The number of aliphatic hydroxyl groups excluding tert-OH is 1. The Balaban J connectivity index is 1.91. The van der Waals surface area contributed by atoms with Crippen molar-refractivity contribution < 1.29 is 14.6 Å². The number of aromatic nitrogens is 4. The number of nitrogen functional groups attached to an aromatic ring is 1. The largest absolute Gasteiger partial charge is 0.394 e. The molecule has 4 N–H and O–H groups in total. The van der Waals surface area contributed by atoms with Gasteiger partial charge >= 0.3 is 0 Å². The van der Waals surface area contributed by atoms with E-state index in [0.717, 1.165) is 0 Å².